The van der Waals surface area contributed by atoms with Crippen LogP contribution in [0, 0.1) is 5.92 Å². The molecule has 1 aliphatic rings. The number of carbonyl (C=O) groups is 1. The van der Waals surface area contributed by atoms with Gasteiger partial charge in [0.05, 0.1) is 5.75 Å². The first-order valence-electron chi connectivity index (χ1n) is 10.4. The zero-order valence-electron chi connectivity index (χ0n) is 17.7. The summed E-state index contributed by atoms with van der Waals surface area (Å²) in [6.45, 7) is 4.03. The average Bonchev–Trinajstić information content (AvgIpc) is 3.11. The molecule has 29 heavy (non-hydrogen) atoms. The van der Waals surface area contributed by atoms with Crippen molar-refractivity contribution < 1.29 is 4.79 Å². The molecule has 8 heteroatoms. The lowest BCUT2D eigenvalue weighted by Gasteiger charge is -2.29. The summed E-state index contributed by atoms with van der Waals surface area (Å²) in [5.74, 6) is 1.84. The third-order valence-electron chi connectivity index (χ3n) is 5.43. The summed E-state index contributed by atoms with van der Waals surface area (Å²) in [4.78, 5) is 18.8. The molecule has 1 N–H and O–H groups in total. The normalized spacial score (nSPS) is 19.4. The maximum absolute atomic E-state index is 12.5. The highest BCUT2D eigenvalue weighted by Gasteiger charge is 2.23. The Bertz CT molecular complexity index is 779. The van der Waals surface area contributed by atoms with Crippen LogP contribution < -0.4 is 5.32 Å². The van der Waals surface area contributed by atoms with Gasteiger partial charge in [0.1, 0.15) is 0 Å². The maximum Gasteiger partial charge on any atom is 0.230 e. The smallest absolute Gasteiger partial charge is 0.230 e. The van der Waals surface area contributed by atoms with Crippen LogP contribution in [0.2, 0.25) is 0 Å². The number of nitrogens with one attached hydrogen (secondary N) is 1. The second-order valence-electron chi connectivity index (χ2n) is 8.07. The van der Waals surface area contributed by atoms with E-state index in [0.29, 0.717) is 17.7 Å². The molecule has 0 spiro atoms. The fourth-order valence-electron chi connectivity index (χ4n) is 3.77. The molecule has 1 aliphatic carbocycles. The van der Waals surface area contributed by atoms with Gasteiger partial charge in [0, 0.05) is 30.5 Å². The highest BCUT2D eigenvalue weighted by atomic mass is 32.2. The molecular weight excluding hydrogens is 384 g/mol. The molecule has 1 fully saturated rings. The van der Waals surface area contributed by atoms with Crippen molar-refractivity contribution in [3.05, 3.63) is 24.5 Å². The predicted molar refractivity (Wildman–Crippen MR) is 117 cm³/mol. The molecule has 3 rings (SSSR count). The van der Waals surface area contributed by atoms with Crippen LogP contribution in [-0.4, -0.2) is 63.0 Å². The third kappa shape index (κ3) is 6.27. The van der Waals surface area contributed by atoms with Crippen LogP contribution in [0.3, 0.4) is 0 Å². The number of aromatic nitrogens is 4. The molecule has 0 radical (unpaired) electrons. The molecule has 0 saturated heterocycles. The first-order valence-corrected chi connectivity index (χ1v) is 11.4. The Balaban J connectivity index is 1.65. The van der Waals surface area contributed by atoms with E-state index in [-0.39, 0.29) is 5.91 Å². The minimum Gasteiger partial charge on any atom is -0.352 e. The number of rotatable bonds is 9. The van der Waals surface area contributed by atoms with Crippen molar-refractivity contribution in [2.75, 3.05) is 26.4 Å². The number of hydrogen-bond acceptors (Lipinski definition) is 6. The van der Waals surface area contributed by atoms with Crippen LogP contribution in [-0.2, 0) is 11.3 Å². The number of thioether (sulfide) groups is 1. The Morgan fingerprint density at radius 1 is 1.24 bits per heavy atom. The van der Waals surface area contributed by atoms with Gasteiger partial charge in [-0.2, -0.15) is 0 Å². The monoisotopic (exact) mass is 416 g/mol. The van der Waals surface area contributed by atoms with Crippen molar-refractivity contribution in [2.45, 2.75) is 56.8 Å². The molecule has 7 nitrogen and oxygen atoms in total. The van der Waals surface area contributed by atoms with E-state index in [1.165, 1.54) is 31.0 Å². The standard InChI is InChI=1S/C21H32N6OS/c1-16-7-4-5-8-18(16)23-19(28)15-29-21-25-24-20(17-9-11-22-12-10-17)27(21)14-6-13-26(2)3/h9-12,16,18H,4-8,13-15H2,1-3H3,(H,23,28)/t16-,18+/m1/s1. The quantitative estimate of drug-likeness (QED) is 0.633. The van der Waals surface area contributed by atoms with Crippen LogP contribution in [0.25, 0.3) is 11.4 Å². The minimum absolute atomic E-state index is 0.0852. The zero-order chi connectivity index (χ0) is 20.6. The van der Waals surface area contributed by atoms with E-state index < -0.39 is 0 Å². The van der Waals surface area contributed by atoms with Gasteiger partial charge >= 0.3 is 0 Å². The van der Waals surface area contributed by atoms with Crippen molar-refractivity contribution in [1.82, 2.24) is 30.0 Å². The van der Waals surface area contributed by atoms with Gasteiger partial charge in [-0.15, -0.1) is 10.2 Å². The predicted octanol–water partition coefficient (Wildman–Crippen LogP) is 3.08. The molecule has 1 amide bonds. The zero-order valence-corrected chi connectivity index (χ0v) is 18.5. The average molecular weight is 417 g/mol. The molecule has 0 aromatic carbocycles. The molecular formula is C21H32N6OS. The molecule has 2 heterocycles. The number of pyridine rings is 1. The number of amides is 1. The first kappa shape index (κ1) is 21.8. The van der Waals surface area contributed by atoms with Crippen molar-refractivity contribution in [3.63, 3.8) is 0 Å². The Morgan fingerprint density at radius 3 is 2.72 bits per heavy atom. The second kappa shape index (κ2) is 10.7. The van der Waals surface area contributed by atoms with Gasteiger partial charge in [-0.05, 0) is 58.0 Å². The van der Waals surface area contributed by atoms with Crippen LogP contribution >= 0.6 is 11.8 Å². The molecule has 0 unspecified atom stereocenters. The van der Waals surface area contributed by atoms with Gasteiger partial charge in [-0.25, -0.2) is 0 Å². The van der Waals surface area contributed by atoms with Gasteiger partial charge in [0.2, 0.25) is 5.91 Å². The van der Waals surface area contributed by atoms with E-state index in [4.69, 9.17) is 0 Å². The Hall–Kier alpha value is -1.93. The van der Waals surface area contributed by atoms with E-state index in [0.717, 1.165) is 42.5 Å². The SMILES string of the molecule is C[C@@H]1CCCC[C@@H]1NC(=O)CSc1nnc(-c2ccncc2)n1CCCN(C)C. The highest BCUT2D eigenvalue weighted by molar-refractivity contribution is 7.99. The lowest BCUT2D eigenvalue weighted by Crippen LogP contribution is -2.41. The van der Waals surface area contributed by atoms with Crippen molar-refractivity contribution in [3.8, 4) is 11.4 Å². The van der Waals surface area contributed by atoms with Crippen LogP contribution in [0.4, 0.5) is 0 Å². The summed E-state index contributed by atoms with van der Waals surface area (Å²) in [7, 11) is 4.14. The second-order valence-corrected chi connectivity index (χ2v) is 9.02. The van der Waals surface area contributed by atoms with Crippen LogP contribution in [0.5, 0.6) is 0 Å². The summed E-state index contributed by atoms with van der Waals surface area (Å²) < 4.78 is 2.13. The minimum atomic E-state index is 0.0852. The number of carbonyl (C=O) groups excluding carboxylic acids is 1. The van der Waals surface area contributed by atoms with E-state index in [1.807, 2.05) is 12.1 Å². The molecule has 2 atom stereocenters. The summed E-state index contributed by atoms with van der Waals surface area (Å²) in [5.41, 5.74) is 0.990. The van der Waals surface area contributed by atoms with Crippen molar-refractivity contribution in [1.29, 1.82) is 0 Å². The fraction of sp³-hybridized carbons (Fsp3) is 0.619. The third-order valence-corrected chi connectivity index (χ3v) is 6.40. The van der Waals surface area contributed by atoms with Crippen LogP contribution in [0.15, 0.2) is 29.7 Å². The molecule has 0 bridgehead atoms. The van der Waals surface area contributed by atoms with Crippen molar-refractivity contribution >= 4 is 17.7 Å². The number of hydrogen-bond donors (Lipinski definition) is 1. The van der Waals surface area contributed by atoms with Gasteiger partial charge in [0.25, 0.3) is 0 Å². The molecule has 0 aliphatic heterocycles. The van der Waals surface area contributed by atoms with Gasteiger partial charge < -0.3 is 14.8 Å². The fourth-order valence-corrected chi connectivity index (χ4v) is 4.54. The van der Waals surface area contributed by atoms with Gasteiger partial charge in [-0.3, -0.25) is 9.78 Å². The first-order chi connectivity index (χ1) is 14.0. The summed E-state index contributed by atoms with van der Waals surface area (Å²) in [6, 6.07) is 4.19. The molecule has 2 aromatic heterocycles. The van der Waals surface area contributed by atoms with E-state index in [2.05, 4.69) is 51.0 Å². The Kier molecular flexibility index (Phi) is 8.06. The van der Waals surface area contributed by atoms with E-state index in [9.17, 15) is 4.79 Å². The highest BCUT2D eigenvalue weighted by Crippen LogP contribution is 2.26. The topological polar surface area (TPSA) is 75.9 Å². The lowest BCUT2D eigenvalue weighted by molar-refractivity contribution is -0.119. The largest absolute Gasteiger partial charge is 0.352 e. The summed E-state index contributed by atoms with van der Waals surface area (Å²) in [6.07, 6.45) is 9.29. The van der Waals surface area contributed by atoms with E-state index >= 15 is 0 Å². The van der Waals surface area contributed by atoms with Gasteiger partial charge in [-0.1, -0.05) is 31.5 Å². The van der Waals surface area contributed by atoms with Crippen LogP contribution in [0.1, 0.15) is 39.0 Å². The Labute approximate surface area is 177 Å². The van der Waals surface area contributed by atoms with E-state index in [1.54, 1.807) is 12.4 Å². The number of nitrogens with zero attached hydrogens (tertiary/aromatic N) is 5. The summed E-state index contributed by atoms with van der Waals surface area (Å²) in [5, 5.41) is 12.8. The molecule has 1 saturated carbocycles. The Morgan fingerprint density at radius 2 is 2.00 bits per heavy atom. The van der Waals surface area contributed by atoms with Crippen molar-refractivity contribution in [2.24, 2.45) is 5.92 Å². The maximum atomic E-state index is 12.5. The molecule has 2 aromatic rings. The van der Waals surface area contributed by atoms with Gasteiger partial charge in [0.15, 0.2) is 11.0 Å². The summed E-state index contributed by atoms with van der Waals surface area (Å²) >= 11 is 1.47. The lowest BCUT2D eigenvalue weighted by atomic mass is 9.86. The molecule has 158 valence electrons.